The van der Waals surface area contributed by atoms with Gasteiger partial charge in [0.2, 0.25) is 5.91 Å². The van der Waals surface area contributed by atoms with E-state index in [1.54, 1.807) is 12.1 Å². The molecule has 6 nitrogen and oxygen atoms in total. The minimum atomic E-state index is -0.311. The number of nitrogens with zero attached hydrogens (tertiary/aromatic N) is 2. The van der Waals surface area contributed by atoms with Gasteiger partial charge in [0.15, 0.2) is 0 Å². The smallest absolute Gasteiger partial charge is 0.324 e. The maximum Gasteiger partial charge on any atom is 0.324 e. The van der Waals surface area contributed by atoms with Gasteiger partial charge in [-0.2, -0.15) is 0 Å². The number of urea groups is 1. The minimum Gasteiger partial charge on any atom is -0.486 e. The van der Waals surface area contributed by atoms with E-state index in [9.17, 15) is 14.0 Å². The monoisotopic (exact) mass is 439 g/mol. The molecule has 2 heterocycles. The molecule has 3 amide bonds. The second-order valence-electron chi connectivity index (χ2n) is 8.62. The van der Waals surface area contributed by atoms with Gasteiger partial charge in [-0.3, -0.25) is 9.69 Å². The topological polar surface area (TPSA) is 61.9 Å². The lowest BCUT2D eigenvalue weighted by molar-refractivity contribution is -0.126. The maximum absolute atomic E-state index is 13.4. The summed E-state index contributed by atoms with van der Waals surface area (Å²) in [5, 5.41) is 2.90. The zero-order chi connectivity index (χ0) is 22.7. The van der Waals surface area contributed by atoms with Gasteiger partial charge in [0, 0.05) is 25.6 Å². The lowest BCUT2D eigenvalue weighted by atomic mass is 9.96. The van der Waals surface area contributed by atoms with E-state index in [-0.39, 0.29) is 29.8 Å². The molecule has 2 aromatic rings. The molecule has 2 aliphatic heterocycles. The van der Waals surface area contributed by atoms with E-state index < -0.39 is 0 Å². The number of benzene rings is 2. The molecule has 1 saturated heterocycles. The summed E-state index contributed by atoms with van der Waals surface area (Å²) in [6.07, 6.45) is 2.02. The van der Waals surface area contributed by atoms with Crippen molar-refractivity contribution in [1.82, 2.24) is 10.2 Å². The Labute approximate surface area is 188 Å². The summed E-state index contributed by atoms with van der Waals surface area (Å²) in [4.78, 5) is 29.6. The molecule has 1 fully saturated rings. The van der Waals surface area contributed by atoms with E-state index in [1.165, 1.54) is 12.1 Å². The number of amides is 3. The molecule has 0 unspecified atom stereocenters. The van der Waals surface area contributed by atoms with E-state index in [1.807, 2.05) is 34.9 Å². The Kier molecular flexibility index (Phi) is 6.63. The zero-order valence-electron chi connectivity index (χ0n) is 18.6. The summed E-state index contributed by atoms with van der Waals surface area (Å²) >= 11 is 0. The number of fused-ring (bicyclic) bond motifs is 1. The van der Waals surface area contributed by atoms with Crippen LogP contribution in [0.1, 0.15) is 37.3 Å². The number of rotatable bonds is 4. The molecule has 0 aliphatic carbocycles. The van der Waals surface area contributed by atoms with E-state index in [2.05, 4.69) is 12.2 Å². The number of ether oxygens (including phenoxy) is 1. The molecule has 2 aromatic carbocycles. The molecule has 0 spiro atoms. The van der Waals surface area contributed by atoms with Gasteiger partial charge in [0.1, 0.15) is 17.7 Å². The van der Waals surface area contributed by atoms with Crippen molar-refractivity contribution in [2.24, 2.45) is 5.92 Å². The second-order valence-corrected chi connectivity index (χ2v) is 8.62. The van der Waals surface area contributed by atoms with E-state index in [0.29, 0.717) is 39.0 Å². The summed E-state index contributed by atoms with van der Waals surface area (Å²) in [6, 6.07) is 12.1. The van der Waals surface area contributed by atoms with Crippen molar-refractivity contribution < 1.29 is 18.7 Å². The highest BCUT2D eigenvalue weighted by molar-refractivity contribution is 5.94. The first-order chi connectivity index (χ1) is 15.4. The van der Waals surface area contributed by atoms with Crippen LogP contribution in [-0.4, -0.2) is 42.6 Å². The number of piperidine rings is 1. The fourth-order valence-electron chi connectivity index (χ4n) is 4.33. The summed E-state index contributed by atoms with van der Waals surface area (Å²) in [7, 11) is 0. The summed E-state index contributed by atoms with van der Waals surface area (Å²) < 4.78 is 19.4. The maximum atomic E-state index is 13.4. The second kappa shape index (κ2) is 9.59. The molecule has 2 aliphatic rings. The van der Waals surface area contributed by atoms with Crippen molar-refractivity contribution in [3.8, 4) is 5.75 Å². The molecule has 170 valence electrons. The van der Waals surface area contributed by atoms with Crippen LogP contribution in [0.4, 0.5) is 14.9 Å². The van der Waals surface area contributed by atoms with Gasteiger partial charge in [0.05, 0.1) is 12.2 Å². The molecular formula is C25H30FN3O3. The average molecular weight is 440 g/mol. The average Bonchev–Trinajstić information content (AvgIpc) is 2.81. The van der Waals surface area contributed by atoms with Gasteiger partial charge in [-0.15, -0.1) is 0 Å². The first-order valence-electron chi connectivity index (χ1n) is 11.3. The third-order valence-corrected chi connectivity index (χ3v) is 6.26. The normalized spacial score (nSPS) is 18.7. The molecule has 4 rings (SSSR count). The van der Waals surface area contributed by atoms with Gasteiger partial charge in [-0.05, 0) is 61.6 Å². The molecule has 32 heavy (non-hydrogen) atoms. The number of carbonyl (C=O) groups is 2. The van der Waals surface area contributed by atoms with Crippen molar-refractivity contribution in [3.63, 3.8) is 0 Å². The summed E-state index contributed by atoms with van der Waals surface area (Å²) in [5.74, 6) is 0.248. The van der Waals surface area contributed by atoms with Crippen LogP contribution in [0.15, 0.2) is 42.5 Å². The first-order valence-corrected chi connectivity index (χ1v) is 11.3. The fraction of sp³-hybridized carbons (Fsp3) is 0.440. The molecule has 1 N–H and O–H groups in total. The van der Waals surface area contributed by atoms with Gasteiger partial charge in [0.25, 0.3) is 0 Å². The standard InChI is InChI=1S/C25H30FN3O3/c1-3-21-16-29(22-13-17(2)7-8-23(22)32-21)25(31)28-11-9-19(10-12-28)24(30)27-15-18-5-4-6-20(26)14-18/h4-8,13-14,19,21H,3,9-12,15-16H2,1-2H3,(H,27,30)/t21-/m1/s1. The number of nitrogens with one attached hydrogen (secondary N) is 1. The molecule has 7 heteroatoms. The minimum absolute atomic E-state index is 0.0275. The molecule has 0 radical (unpaired) electrons. The number of halogens is 1. The van der Waals surface area contributed by atoms with Crippen LogP contribution in [0.5, 0.6) is 5.75 Å². The quantitative estimate of drug-likeness (QED) is 0.774. The van der Waals surface area contributed by atoms with Gasteiger partial charge >= 0.3 is 6.03 Å². The Morgan fingerprint density at radius 3 is 2.66 bits per heavy atom. The Balaban J connectivity index is 1.35. The third kappa shape index (κ3) is 4.87. The van der Waals surface area contributed by atoms with Crippen molar-refractivity contribution in [2.75, 3.05) is 24.5 Å². The van der Waals surface area contributed by atoms with Crippen LogP contribution in [0.3, 0.4) is 0 Å². The highest BCUT2D eigenvalue weighted by Crippen LogP contribution is 2.36. The highest BCUT2D eigenvalue weighted by atomic mass is 19.1. The largest absolute Gasteiger partial charge is 0.486 e. The predicted octanol–water partition coefficient (Wildman–Crippen LogP) is 4.26. The number of hydrogen-bond donors (Lipinski definition) is 1. The number of aryl methyl sites for hydroxylation is 1. The van der Waals surface area contributed by atoms with Gasteiger partial charge < -0.3 is 15.0 Å². The third-order valence-electron chi connectivity index (χ3n) is 6.26. The Morgan fingerprint density at radius 1 is 1.16 bits per heavy atom. The highest BCUT2D eigenvalue weighted by Gasteiger charge is 2.34. The molecular weight excluding hydrogens is 409 g/mol. The lowest BCUT2D eigenvalue weighted by Gasteiger charge is -2.39. The Bertz CT molecular complexity index is 988. The van der Waals surface area contributed by atoms with Crippen molar-refractivity contribution in [3.05, 3.63) is 59.4 Å². The van der Waals surface area contributed by atoms with Gasteiger partial charge in [-0.1, -0.05) is 25.1 Å². The van der Waals surface area contributed by atoms with Crippen LogP contribution in [0.25, 0.3) is 0 Å². The zero-order valence-corrected chi connectivity index (χ0v) is 18.6. The van der Waals surface area contributed by atoms with Gasteiger partial charge in [-0.25, -0.2) is 9.18 Å². The lowest BCUT2D eigenvalue weighted by Crippen LogP contribution is -2.52. The van der Waals surface area contributed by atoms with Crippen LogP contribution in [0, 0.1) is 18.7 Å². The van der Waals surface area contributed by atoms with E-state index in [4.69, 9.17) is 4.74 Å². The van der Waals surface area contributed by atoms with E-state index in [0.717, 1.165) is 29.0 Å². The first kappa shape index (κ1) is 22.1. The number of likely N-dealkylation sites (tertiary alicyclic amines) is 1. The number of carbonyl (C=O) groups excluding carboxylic acids is 2. The fourth-order valence-corrected chi connectivity index (χ4v) is 4.33. The van der Waals surface area contributed by atoms with Crippen molar-refractivity contribution in [2.45, 2.75) is 45.8 Å². The number of hydrogen-bond acceptors (Lipinski definition) is 3. The van der Waals surface area contributed by atoms with Crippen LogP contribution in [0.2, 0.25) is 0 Å². The molecule has 0 saturated carbocycles. The predicted molar refractivity (Wildman–Crippen MR) is 121 cm³/mol. The number of anilines is 1. The molecule has 1 atom stereocenters. The summed E-state index contributed by atoms with van der Waals surface area (Å²) in [6.45, 7) is 5.96. The van der Waals surface area contributed by atoms with Crippen LogP contribution in [-0.2, 0) is 11.3 Å². The molecule has 0 bridgehead atoms. The van der Waals surface area contributed by atoms with Crippen molar-refractivity contribution >= 4 is 17.6 Å². The molecule has 0 aromatic heterocycles. The van der Waals surface area contributed by atoms with Crippen molar-refractivity contribution in [1.29, 1.82) is 0 Å². The summed E-state index contributed by atoms with van der Waals surface area (Å²) in [5.41, 5.74) is 2.63. The van der Waals surface area contributed by atoms with E-state index >= 15 is 0 Å². The Morgan fingerprint density at radius 2 is 1.94 bits per heavy atom. The van der Waals surface area contributed by atoms with Crippen LogP contribution < -0.4 is 15.0 Å². The van der Waals surface area contributed by atoms with Crippen LogP contribution >= 0.6 is 0 Å². The Hall–Kier alpha value is -3.09. The SMILES string of the molecule is CC[C@@H]1CN(C(=O)N2CCC(C(=O)NCc3cccc(F)c3)CC2)c2cc(C)ccc2O1.